The molecule has 0 fully saturated rings. The number of nitrogens with two attached hydrogens (primary N) is 2. The second-order valence-electron chi connectivity index (χ2n) is 2.96. The maximum Gasteiger partial charge on any atom is -0.00394 e. The average Bonchev–Trinajstić information content (AvgIpc) is 2.33. The summed E-state index contributed by atoms with van der Waals surface area (Å²) in [5, 5.41) is 4.76. The summed E-state index contributed by atoms with van der Waals surface area (Å²) in [6.07, 6.45) is 3.05. The van der Waals surface area contributed by atoms with Crippen LogP contribution in [-0.4, -0.2) is 13.3 Å². The van der Waals surface area contributed by atoms with E-state index in [4.69, 9.17) is 5.14 Å². The van der Waals surface area contributed by atoms with Crippen LogP contribution in [0.5, 0.6) is 0 Å². The summed E-state index contributed by atoms with van der Waals surface area (Å²) in [7, 11) is 1.50. The van der Waals surface area contributed by atoms with Crippen LogP contribution in [0.1, 0.15) is 31.7 Å². The first-order valence-corrected chi connectivity index (χ1v) is 6.40. The average molecular weight is 228 g/mol. The topological polar surface area (TPSA) is 52.0 Å². The number of rotatable bonds is 2. The van der Waals surface area contributed by atoms with Crippen molar-refractivity contribution in [1.82, 2.24) is 0 Å². The molecule has 1 aromatic rings. The van der Waals surface area contributed by atoms with Gasteiger partial charge in [-0.25, -0.2) is 0 Å². The standard InChI is InChI=1S/C10H14.CH5NS.CH5N/c1-3-9(2)10-7-5-4-6-8-10;1-3-2;1-2/h4-9H,3H2,1-2H3;2H2,1H3;2H2,1H3. The smallest absolute Gasteiger partial charge is 0.00394 e. The van der Waals surface area contributed by atoms with E-state index in [1.807, 2.05) is 6.26 Å². The van der Waals surface area contributed by atoms with Crippen LogP contribution in [-0.2, 0) is 0 Å². The summed E-state index contributed by atoms with van der Waals surface area (Å²) in [6.45, 7) is 4.48. The largest absolute Gasteiger partial charge is 0.333 e. The highest BCUT2D eigenvalue weighted by atomic mass is 32.2. The summed E-state index contributed by atoms with van der Waals surface area (Å²) < 4.78 is 0. The van der Waals surface area contributed by atoms with Gasteiger partial charge in [-0.1, -0.05) is 56.1 Å². The second-order valence-corrected chi connectivity index (χ2v) is 3.43. The molecule has 88 valence electrons. The van der Waals surface area contributed by atoms with Crippen molar-refractivity contribution in [2.45, 2.75) is 26.2 Å². The first-order valence-electron chi connectivity index (χ1n) is 5.11. The summed E-state index contributed by atoms with van der Waals surface area (Å²) in [4.78, 5) is 0. The van der Waals surface area contributed by atoms with E-state index in [1.165, 1.54) is 31.0 Å². The monoisotopic (exact) mass is 228 g/mol. The summed E-state index contributed by atoms with van der Waals surface area (Å²) in [5.41, 5.74) is 5.95. The highest BCUT2D eigenvalue weighted by Crippen LogP contribution is 2.16. The highest BCUT2D eigenvalue weighted by molar-refractivity contribution is 7.96. The summed E-state index contributed by atoms with van der Waals surface area (Å²) in [6, 6.07) is 10.6. The quantitative estimate of drug-likeness (QED) is 0.765. The van der Waals surface area contributed by atoms with Gasteiger partial charge in [-0.2, -0.15) is 0 Å². The van der Waals surface area contributed by atoms with Crippen LogP contribution in [0.25, 0.3) is 0 Å². The molecule has 0 radical (unpaired) electrons. The van der Waals surface area contributed by atoms with Gasteiger partial charge in [0.1, 0.15) is 0 Å². The van der Waals surface area contributed by atoms with Crippen molar-refractivity contribution in [2.24, 2.45) is 10.9 Å². The Labute approximate surface area is 98.6 Å². The zero-order valence-corrected chi connectivity index (χ0v) is 11.1. The molecule has 1 atom stereocenters. The van der Waals surface area contributed by atoms with Crippen molar-refractivity contribution in [2.75, 3.05) is 13.3 Å². The lowest BCUT2D eigenvalue weighted by molar-refractivity contribution is 0.733. The Morgan fingerprint density at radius 3 is 1.93 bits per heavy atom. The minimum absolute atomic E-state index is 0.709. The fourth-order valence-corrected chi connectivity index (χ4v) is 1.02. The molecule has 1 rings (SSSR count). The van der Waals surface area contributed by atoms with Crippen molar-refractivity contribution < 1.29 is 0 Å². The molecule has 1 aromatic carbocycles. The zero-order chi connectivity index (χ0) is 12.1. The normalized spacial score (nSPS) is 10.3. The van der Waals surface area contributed by atoms with Gasteiger partial charge in [0.05, 0.1) is 0 Å². The van der Waals surface area contributed by atoms with Gasteiger partial charge in [0, 0.05) is 0 Å². The fourth-order valence-electron chi connectivity index (χ4n) is 1.02. The third-order valence-corrected chi connectivity index (χ3v) is 1.98. The molecule has 0 aliphatic rings. The van der Waals surface area contributed by atoms with Crippen LogP contribution >= 0.6 is 11.9 Å². The van der Waals surface area contributed by atoms with E-state index in [1.54, 1.807) is 0 Å². The van der Waals surface area contributed by atoms with Crippen LogP contribution in [0.4, 0.5) is 0 Å². The lowest BCUT2D eigenvalue weighted by Gasteiger charge is -2.06. The molecule has 0 aromatic heterocycles. The Morgan fingerprint density at radius 2 is 1.60 bits per heavy atom. The van der Waals surface area contributed by atoms with E-state index in [0.29, 0.717) is 5.92 Å². The van der Waals surface area contributed by atoms with Crippen LogP contribution in [0.15, 0.2) is 30.3 Å². The molecule has 0 amide bonds. The van der Waals surface area contributed by atoms with Gasteiger partial charge in [-0.15, -0.1) is 0 Å². The van der Waals surface area contributed by atoms with Crippen molar-refractivity contribution in [3.63, 3.8) is 0 Å². The molecule has 0 aliphatic heterocycles. The SMILES string of the molecule is CCC(C)c1ccccc1.CN.CSN. The highest BCUT2D eigenvalue weighted by Gasteiger charge is 1.98. The van der Waals surface area contributed by atoms with Gasteiger partial charge in [-0.05, 0) is 31.2 Å². The molecule has 0 bridgehead atoms. The lowest BCUT2D eigenvalue weighted by Crippen LogP contribution is -1.88. The number of benzene rings is 1. The van der Waals surface area contributed by atoms with Crippen molar-refractivity contribution in [3.05, 3.63) is 35.9 Å². The van der Waals surface area contributed by atoms with E-state index < -0.39 is 0 Å². The Kier molecular flexibility index (Phi) is 15.2. The predicted molar refractivity (Wildman–Crippen MR) is 73.0 cm³/mol. The molecular formula is C12H24N2S. The van der Waals surface area contributed by atoms with Gasteiger partial charge in [0.2, 0.25) is 0 Å². The molecule has 3 heteroatoms. The first kappa shape index (κ1) is 16.9. The Bertz CT molecular complexity index is 202. The van der Waals surface area contributed by atoms with E-state index in [2.05, 4.69) is 49.9 Å². The fraction of sp³-hybridized carbons (Fsp3) is 0.500. The molecule has 0 spiro atoms. The molecule has 4 N–H and O–H groups in total. The van der Waals surface area contributed by atoms with Gasteiger partial charge in [0.25, 0.3) is 0 Å². The Hall–Kier alpha value is -0.510. The molecule has 1 unspecified atom stereocenters. The third-order valence-electron chi connectivity index (χ3n) is 1.98. The van der Waals surface area contributed by atoms with Crippen LogP contribution in [0, 0.1) is 0 Å². The van der Waals surface area contributed by atoms with Crippen LogP contribution < -0.4 is 10.9 Å². The molecule has 2 nitrogen and oxygen atoms in total. The summed E-state index contributed by atoms with van der Waals surface area (Å²) in [5.74, 6) is 0.709. The maximum atomic E-state index is 4.76. The van der Waals surface area contributed by atoms with Gasteiger partial charge in [0.15, 0.2) is 0 Å². The molecule has 15 heavy (non-hydrogen) atoms. The van der Waals surface area contributed by atoms with Crippen molar-refractivity contribution >= 4 is 11.9 Å². The molecular weight excluding hydrogens is 204 g/mol. The van der Waals surface area contributed by atoms with Crippen molar-refractivity contribution in [3.8, 4) is 0 Å². The minimum atomic E-state index is 0.709. The van der Waals surface area contributed by atoms with Crippen LogP contribution in [0.2, 0.25) is 0 Å². The number of hydrogen-bond acceptors (Lipinski definition) is 3. The molecule has 0 saturated carbocycles. The Morgan fingerprint density at radius 1 is 1.20 bits per heavy atom. The molecule has 0 heterocycles. The van der Waals surface area contributed by atoms with Gasteiger partial charge < -0.3 is 5.73 Å². The van der Waals surface area contributed by atoms with Gasteiger partial charge in [-0.3, -0.25) is 5.14 Å². The predicted octanol–water partition coefficient (Wildman–Crippen LogP) is 3.00. The van der Waals surface area contributed by atoms with E-state index in [-0.39, 0.29) is 0 Å². The Balaban J connectivity index is 0. The van der Waals surface area contributed by atoms with E-state index >= 15 is 0 Å². The van der Waals surface area contributed by atoms with Crippen LogP contribution in [0.3, 0.4) is 0 Å². The van der Waals surface area contributed by atoms with E-state index in [0.717, 1.165) is 0 Å². The van der Waals surface area contributed by atoms with Gasteiger partial charge >= 0.3 is 0 Å². The van der Waals surface area contributed by atoms with Crippen molar-refractivity contribution in [1.29, 1.82) is 0 Å². The zero-order valence-electron chi connectivity index (χ0n) is 10.2. The molecule has 0 aliphatic carbocycles. The minimum Gasteiger partial charge on any atom is -0.333 e. The second kappa shape index (κ2) is 13.5. The molecule has 0 saturated heterocycles. The number of hydrogen-bond donors (Lipinski definition) is 2. The summed E-state index contributed by atoms with van der Waals surface area (Å²) >= 11 is 1.25. The lowest BCUT2D eigenvalue weighted by atomic mass is 9.99. The third kappa shape index (κ3) is 9.79. The van der Waals surface area contributed by atoms with E-state index in [9.17, 15) is 0 Å². The first-order chi connectivity index (χ1) is 7.26. The maximum absolute atomic E-state index is 4.76.